The molecule has 1 aliphatic carbocycles. The molecule has 0 aromatic rings. The van der Waals surface area contributed by atoms with Gasteiger partial charge >= 0.3 is 0 Å². The maximum atomic E-state index is 3.52. The largest absolute Gasteiger partial charge is 0.317 e. The molecule has 2 rings (SSSR count). The zero-order valence-electron chi connectivity index (χ0n) is 11.8. The summed E-state index contributed by atoms with van der Waals surface area (Å²) in [4.78, 5) is 2.79. The number of hydrogen-bond donors (Lipinski definition) is 1. The van der Waals surface area contributed by atoms with E-state index in [0.717, 1.165) is 6.04 Å². The highest BCUT2D eigenvalue weighted by molar-refractivity contribution is 4.89. The minimum absolute atomic E-state index is 0.615. The highest BCUT2D eigenvalue weighted by atomic mass is 15.2. The molecule has 2 heteroatoms. The van der Waals surface area contributed by atoms with Gasteiger partial charge in [0.25, 0.3) is 0 Å². The Labute approximate surface area is 107 Å². The quantitative estimate of drug-likeness (QED) is 0.792. The Kier molecular flexibility index (Phi) is 4.87. The molecule has 0 bridgehead atoms. The molecule has 1 aliphatic heterocycles. The van der Waals surface area contributed by atoms with Crippen molar-refractivity contribution in [1.29, 1.82) is 0 Å². The lowest BCUT2D eigenvalue weighted by Crippen LogP contribution is -2.47. The lowest BCUT2D eigenvalue weighted by molar-refractivity contribution is 0.0823. The van der Waals surface area contributed by atoms with Crippen LogP contribution in [0, 0.1) is 5.41 Å². The topological polar surface area (TPSA) is 15.3 Å². The average molecular weight is 238 g/mol. The molecule has 0 aromatic heterocycles. The molecule has 1 saturated heterocycles. The van der Waals surface area contributed by atoms with Crippen LogP contribution in [0.3, 0.4) is 0 Å². The number of nitrogens with zero attached hydrogens (tertiary/aromatic N) is 1. The first kappa shape index (κ1) is 13.4. The zero-order valence-corrected chi connectivity index (χ0v) is 11.8. The molecule has 1 heterocycles. The monoisotopic (exact) mass is 238 g/mol. The molecular weight excluding hydrogens is 208 g/mol. The Morgan fingerprint density at radius 1 is 1.12 bits per heavy atom. The van der Waals surface area contributed by atoms with Gasteiger partial charge in [0.1, 0.15) is 0 Å². The van der Waals surface area contributed by atoms with Crippen molar-refractivity contribution >= 4 is 0 Å². The van der Waals surface area contributed by atoms with Crippen LogP contribution in [0.25, 0.3) is 0 Å². The van der Waals surface area contributed by atoms with E-state index in [0.29, 0.717) is 5.41 Å². The van der Waals surface area contributed by atoms with Crippen molar-refractivity contribution in [2.75, 3.05) is 26.2 Å². The Morgan fingerprint density at radius 3 is 2.29 bits per heavy atom. The van der Waals surface area contributed by atoms with E-state index in [4.69, 9.17) is 0 Å². The Balaban J connectivity index is 1.94. The minimum Gasteiger partial charge on any atom is -0.317 e. The standard InChI is InChI=1S/C15H30N2/c1-3-15(9-11-16-12-10-15)13-17(4-2)14-7-5-6-8-14/h14,16H,3-13H2,1-2H3. The third-order valence-corrected chi connectivity index (χ3v) is 5.20. The van der Waals surface area contributed by atoms with Gasteiger partial charge in [0.05, 0.1) is 0 Å². The van der Waals surface area contributed by atoms with E-state index in [9.17, 15) is 0 Å². The summed E-state index contributed by atoms with van der Waals surface area (Å²) in [5, 5.41) is 3.52. The first-order valence-corrected chi connectivity index (χ1v) is 7.74. The van der Waals surface area contributed by atoms with E-state index in [1.54, 1.807) is 0 Å². The predicted molar refractivity (Wildman–Crippen MR) is 74.3 cm³/mol. The molecule has 1 N–H and O–H groups in total. The summed E-state index contributed by atoms with van der Waals surface area (Å²) in [5.41, 5.74) is 0.615. The summed E-state index contributed by atoms with van der Waals surface area (Å²) in [6.45, 7) is 9.81. The summed E-state index contributed by atoms with van der Waals surface area (Å²) >= 11 is 0. The van der Waals surface area contributed by atoms with Crippen LogP contribution in [0.4, 0.5) is 0 Å². The number of rotatable bonds is 5. The summed E-state index contributed by atoms with van der Waals surface area (Å²) in [6, 6.07) is 0.901. The molecule has 100 valence electrons. The van der Waals surface area contributed by atoms with Crippen LogP contribution in [-0.2, 0) is 0 Å². The molecule has 0 unspecified atom stereocenters. The Morgan fingerprint density at radius 2 is 1.76 bits per heavy atom. The fraction of sp³-hybridized carbons (Fsp3) is 1.00. The number of hydrogen-bond acceptors (Lipinski definition) is 2. The zero-order chi connectivity index (χ0) is 12.1. The first-order chi connectivity index (χ1) is 8.29. The van der Waals surface area contributed by atoms with Gasteiger partial charge in [-0.1, -0.05) is 26.7 Å². The number of nitrogens with one attached hydrogen (secondary N) is 1. The van der Waals surface area contributed by atoms with E-state index < -0.39 is 0 Å². The van der Waals surface area contributed by atoms with Gasteiger partial charge in [-0.3, -0.25) is 0 Å². The molecule has 1 saturated carbocycles. The molecule has 2 fully saturated rings. The van der Waals surface area contributed by atoms with Crippen LogP contribution in [0.5, 0.6) is 0 Å². The third kappa shape index (κ3) is 3.23. The lowest BCUT2D eigenvalue weighted by Gasteiger charge is -2.42. The summed E-state index contributed by atoms with van der Waals surface area (Å²) in [6.07, 6.45) is 9.94. The van der Waals surface area contributed by atoms with Crippen molar-refractivity contribution in [3.05, 3.63) is 0 Å². The third-order valence-electron chi connectivity index (χ3n) is 5.20. The SMILES string of the molecule is CCN(CC1(CC)CCNCC1)C1CCCC1. The van der Waals surface area contributed by atoms with Crippen molar-refractivity contribution in [2.24, 2.45) is 5.41 Å². The fourth-order valence-electron chi connectivity index (χ4n) is 3.78. The van der Waals surface area contributed by atoms with Crippen LogP contribution in [-0.4, -0.2) is 37.1 Å². The van der Waals surface area contributed by atoms with Gasteiger partial charge in [0.2, 0.25) is 0 Å². The van der Waals surface area contributed by atoms with Crippen molar-refractivity contribution in [1.82, 2.24) is 10.2 Å². The van der Waals surface area contributed by atoms with Gasteiger partial charge in [-0.2, -0.15) is 0 Å². The van der Waals surface area contributed by atoms with Crippen molar-refractivity contribution in [2.45, 2.75) is 64.8 Å². The molecule has 0 aromatic carbocycles. The van der Waals surface area contributed by atoms with E-state index in [-0.39, 0.29) is 0 Å². The smallest absolute Gasteiger partial charge is 0.00953 e. The molecule has 0 amide bonds. The number of piperidine rings is 1. The molecule has 2 aliphatic rings. The lowest BCUT2D eigenvalue weighted by atomic mass is 9.76. The molecular formula is C15H30N2. The average Bonchev–Trinajstić information content (AvgIpc) is 2.91. The van der Waals surface area contributed by atoms with Gasteiger partial charge in [0.15, 0.2) is 0 Å². The van der Waals surface area contributed by atoms with Crippen molar-refractivity contribution < 1.29 is 0 Å². The van der Waals surface area contributed by atoms with Gasteiger partial charge in [-0.25, -0.2) is 0 Å². The Bertz CT molecular complexity index is 215. The summed E-state index contributed by atoms with van der Waals surface area (Å²) < 4.78 is 0. The van der Waals surface area contributed by atoms with Crippen LogP contribution in [0.15, 0.2) is 0 Å². The van der Waals surface area contributed by atoms with Gasteiger partial charge in [-0.15, -0.1) is 0 Å². The first-order valence-electron chi connectivity index (χ1n) is 7.74. The molecule has 0 atom stereocenters. The van der Waals surface area contributed by atoms with Crippen LogP contribution >= 0.6 is 0 Å². The van der Waals surface area contributed by atoms with E-state index in [1.165, 1.54) is 71.1 Å². The second-order valence-electron chi connectivity index (χ2n) is 6.10. The van der Waals surface area contributed by atoms with Gasteiger partial charge < -0.3 is 10.2 Å². The summed E-state index contributed by atoms with van der Waals surface area (Å²) in [5.74, 6) is 0. The predicted octanol–water partition coefficient (Wildman–Crippen LogP) is 3.03. The maximum Gasteiger partial charge on any atom is 0.00953 e. The van der Waals surface area contributed by atoms with Crippen LogP contribution in [0.2, 0.25) is 0 Å². The molecule has 0 radical (unpaired) electrons. The minimum atomic E-state index is 0.615. The van der Waals surface area contributed by atoms with E-state index in [1.807, 2.05) is 0 Å². The van der Waals surface area contributed by atoms with Crippen LogP contribution in [0.1, 0.15) is 58.8 Å². The van der Waals surface area contributed by atoms with Gasteiger partial charge in [0, 0.05) is 12.6 Å². The second-order valence-corrected chi connectivity index (χ2v) is 6.10. The van der Waals surface area contributed by atoms with Crippen molar-refractivity contribution in [3.8, 4) is 0 Å². The molecule has 2 nitrogen and oxygen atoms in total. The second kappa shape index (κ2) is 6.19. The highest BCUT2D eigenvalue weighted by Crippen LogP contribution is 2.35. The van der Waals surface area contributed by atoms with E-state index in [2.05, 4.69) is 24.1 Å². The highest BCUT2D eigenvalue weighted by Gasteiger charge is 2.34. The maximum absolute atomic E-state index is 3.52. The molecule has 17 heavy (non-hydrogen) atoms. The fourth-order valence-corrected chi connectivity index (χ4v) is 3.78. The van der Waals surface area contributed by atoms with E-state index >= 15 is 0 Å². The molecule has 0 spiro atoms. The van der Waals surface area contributed by atoms with Crippen molar-refractivity contribution in [3.63, 3.8) is 0 Å². The van der Waals surface area contributed by atoms with Crippen LogP contribution < -0.4 is 5.32 Å². The normalized spacial score (nSPS) is 25.6. The van der Waals surface area contributed by atoms with Gasteiger partial charge in [-0.05, 0) is 57.2 Å². The Hall–Kier alpha value is -0.0800. The summed E-state index contributed by atoms with van der Waals surface area (Å²) in [7, 11) is 0.